The number of carbonyl (C=O) groups is 1. The number of carbonyl (C=O) groups excluding carboxylic acids is 1. The summed E-state index contributed by atoms with van der Waals surface area (Å²) in [6.07, 6.45) is -8.07. The molecule has 1 aliphatic heterocycles. The van der Waals surface area contributed by atoms with Gasteiger partial charge in [0.2, 0.25) is 0 Å². The molecule has 1 aromatic carbocycles. The number of fused-ring (bicyclic) bond motifs is 1. The number of ether oxygens (including phenoxy) is 2. The Morgan fingerprint density at radius 1 is 1.20 bits per heavy atom. The lowest BCUT2D eigenvalue weighted by atomic mass is 9.87. The molecule has 0 radical (unpaired) electrons. The maximum absolute atomic E-state index is 14.0. The molecule has 1 saturated heterocycles. The van der Waals surface area contributed by atoms with Crippen LogP contribution < -0.4 is 15.3 Å². The zero-order valence-electron chi connectivity index (χ0n) is 24.5. The summed E-state index contributed by atoms with van der Waals surface area (Å²) >= 11 is 0. The van der Waals surface area contributed by atoms with Crippen LogP contribution in [0.4, 0.5) is 19.0 Å². The largest absolute Gasteiger partial charge is 0.461 e. The molecule has 5 N–H and O–H groups in total. The maximum atomic E-state index is 14.0. The number of anilines is 1. The van der Waals surface area contributed by atoms with Gasteiger partial charge in [0.25, 0.3) is 0 Å². The summed E-state index contributed by atoms with van der Waals surface area (Å²) in [6.45, 7) is 2.23. The van der Waals surface area contributed by atoms with Gasteiger partial charge in [-0.25, -0.2) is 14.1 Å². The second-order valence-corrected chi connectivity index (χ2v) is 13.2. The van der Waals surface area contributed by atoms with Crippen LogP contribution in [0.2, 0.25) is 0 Å². The van der Waals surface area contributed by atoms with Gasteiger partial charge in [-0.1, -0.05) is 18.2 Å². The predicted octanol–water partition coefficient (Wildman–Crippen LogP) is 3.71. The Morgan fingerprint density at radius 2 is 1.89 bits per heavy atom. The Morgan fingerprint density at radius 3 is 2.56 bits per heavy atom. The topological polar surface area (TPSA) is 180 Å². The predicted molar refractivity (Wildman–Crippen MR) is 153 cm³/mol. The zero-order chi connectivity index (χ0) is 32.6. The van der Waals surface area contributed by atoms with Gasteiger partial charge in [-0.3, -0.25) is 9.32 Å². The number of nitrogens with two attached hydrogens (primary N) is 1. The van der Waals surface area contributed by atoms with E-state index >= 15 is 0 Å². The number of nitrogens with zero attached hydrogens (tertiary/aromatic N) is 3. The fourth-order valence-electron chi connectivity index (χ4n) is 5.49. The van der Waals surface area contributed by atoms with Crippen LogP contribution in [0.25, 0.3) is 5.52 Å². The zero-order valence-corrected chi connectivity index (χ0v) is 25.4. The molecule has 2 aliphatic rings. The van der Waals surface area contributed by atoms with Crippen molar-refractivity contribution < 1.29 is 51.3 Å². The quantitative estimate of drug-likeness (QED) is 0.184. The van der Waals surface area contributed by atoms with E-state index in [4.69, 9.17) is 24.3 Å². The van der Waals surface area contributed by atoms with E-state index in [0.717, 1.165) is 0 Å². The molecule has 1 saturated carbocycles. The Kier molecular flexibility index (Phi) is 9.45. The number of hydrogen-bond acceptors (Lipinski definition) is 11. The molecule has 3 heterocycles. The molecule has 1 aliphatic carbocycles. The number of benzene rings is 1. The number of aliphatic hydroxyl groups is 2. The minimum Gasteiger partial charge on any atom is -0.461 e. The highest BCUT2D eigenvalue weighted by molar-refractivity contribution is 7.52. The van der Waals surface area contributed by atoms with Crippen molar-refractivity contribution in [1.29, 1.82) is 0 Å². The number of nitrogens with one attached hydrogen (secondary N) is 1. The molecular formula is C28H35F3N5O8P. The molecule has 246 valence electrons. The van der Waals surface area contributed by atoms with E-state index in [1.165, 1.54) is 36.8 Å². The van der Waals surface area contributed by atoms with Gasteiger partial charge in [0, 0.05) is 0 Å². The van der Waals surface area contributed by atoms with E-state index in [0.29, 0.717) is 11.2 Å². The van der Waals surface area contributed by atoms with Crippen molar-refractivity contribution in [2.75, 3.05) is 12.3 Å². The molecule has 0 spiro atoms. The minimum absolute atomic E-state index is 0.0456. The Hall–Kier alpha value is -3.27. The van der Waals surface area contributed by atoms with Crippen molar-refractivity contribution in [3.05, 3.63) is 54.5 Å². The van der Waals surface area contributed by atoms with Crippen LogP contribution in [-0.2, 0) is 23.4 Å². The fraction of sp³-hybridized carbons (Fsp3) is 0.536. The average Bonchev–Trinajstić information content (AvgIpc) is 3.52. The molecule has 6 atom stereocenters. The highest BCUT2D eigenvalue weighted by Crippen LogP contribution is 2.48. The summed E-state index contributed by atoms with van der Waals surface area (Å²) in [5.74, 6) is -1.97. The van der Waals surface area contributed by atoms with Gasteiger partial charge < -0.3 is 29.9 Å². The lowest BCUT2D eigenvalue weighted by Gasteiger charge is -2.31. The molecule has 0 unspecified atom stereocenters. The summed E-state index contributed by atoms with van der Waals surface area (Å²) in [7, 11) is -4.42. The standard InChI is InChI=1S/C28H35F3N5O8P/c1-16(26(39)42-18-10-8-17(9-11-18)28(29,30)31)35-45(40,44-19-6-4-3-5-7-19)41-14-27(2)24(38)22(37)23(43-27)20-12-13-21-25(32)33-15-34-36(20)21/h3-7,12-13,15-18,22-24,37-38H,8-11,14H2,1-2H3,(H,35,40)(H2,32,33,34)/t16-,17-,18-,22-,23-,24-,27+,45-/m0/s1. The van der Waals surface area contributed by atoms with Gasteiger partial charge in [-0.15, -0.1) is 0 Å². The van der Waals surface area contributed by atoms with E-state index in [9.17, 15) is 32.7 Å². The number of aromatic nitrogens is 3. The van der Waals surface area contributed by atoms with Crippen LogP contribution in [0, 0.1) is 5.92 Å². The molecule has 2 fully saturated rings. The number of alkyl halides is 3. The van der Waals surface area contributed by atoms with Crippen molar-refractivity contribution in [3.63, 3.8) is 0 Å². The minimum atomic E-state index is -4.42. The van der Waals surface area contributed by atoms with Crippen LogP contribution in [0.3, 0.4) is 0 Å². The van der Waals surface area contributed by atoms with Crippen LogP contribution in [0.1, 0.15) is 51.3 Å². The van der Waals surface area contributed by atoms with E-state index in [1.54, 1.807) is 30.3 Å². The number of para-hydroxylation sites is 1. The summed E-state index contributed by atoms with van der Waals surface area (Å²) in [6, 6.07) is 9.94. The Balaban J connectivity index is 1.28. The second-order valence-electron chi connectivity index (χ2n) is 11.5. The molecule has 0 amide bonds. The molecular weight excluding hydrogens is 622 g/mol. The second kappa shape index (κ2) is 12.9. The number of hydrogen-bond donors (Lipinski definition) is 4. The van der Waals surface area contributed by atoms with Crippen LogP contribution >= 0.6 is 7.75 Å². The van der Waals surface area contributed by atoms with Crippen LogP contribution in [0.15, 0.2) is 48.8 Å². The van der Waals surface area contributed by atoms with Gasteiger partial charge in [0.05, 0.1) is 18.2 Å². The molecule has 2 aromatic heterocycles. The Labute approximate surface area is 256 Å². The first-order valence-electron chi connectivity index (χ1n) is 14.4. The van der Waals surface area contributed by atoms with Gasteiger partial charge in [0.15, 0.2) is 5.82 Å². The summed E-state index contributed by atoms with van der Waals surface area (Å²) in [5.41, 5.74) is 5.12. The van der Waals surface area contributed by atoms with Gasteiger partial charge in [-0.05, 0) is 63.8 Å². The van der Waals surface area contributed by atoms with E-state index < -0.39 is 68.5 Å². The molecule has 5 rings (SSSR count). The van der Waals surface area contributed by atoms with Crippen molar-refractivity contribution in [2.45, 2.75) is 81.8 Å². The number of aliphatic hydroxyl groups excluding tert-OH is 2. The Bertz CT molecular complexity index is 1540. The first-order chi connectivity index (χ1) is 21.2. The molecule has 3 aromatic rings. The monoisotopic (exact) mass is 657 g/mol. The van der Waals surface area contributed by atoms with E-state index in [1.807, 2.05) is 0 Å². The van der Waals surface area contributed by atoms with Gasteiger partial charge >= 0.3 is 19.9 Å². The van der Waals surface area contributed by atoms with Gasteiger partial charge in [0.1, 0.15) is 53.7 Å². The van der Waals surface area contributed by atoms with E-state index in [2.05, 4.69) is 15.2 Å². The summed E-state index contributed by atoms with van der Waals surface area (Å²) in [4.78, 5) is 16.8. The SMILES string of the molecule is C[C@H](N[P@](=O)(OC[C@@]1(C)O[C@@H](c2ccc3c(N)ncnn23)[C@H](O)[C@@H]1O)Oc1ccccc1)C(=O)O[C@H]1CC[C@H](C(F)(F)F)CC1. The third-order valence-electron chi connectivity index (χ3n) is 8.07. The average molecular weight is 658 g/mol. The summed E-state index contributed by atoms with van der Waals surface area (Å²) < 4.78 is 77.4. The van der Waals surface area contributed by atoms with Crippen LogP contribution in [-0.4, -0.2) is 73.5 Å². The third kappa shape index (κ3) is 7.26. The number of rotatable bonds is 10. The van der Waals surface area contributed by atoms with Crippen molar-refractivity contribution >= 4 is 25.1 Å². The van der Waals surface area contributed by atoms with Crippen molar-refractivity contribution in [3.8, 4) is 5.75 Å². The first-order valence-corrected chi connectivity index (χ1v) is 15.9. The lowest BCUT2D eigenvalue weighted by molar-refractivity contribution is -0.188. The number of halogens is 3. The van der Waals surface area contributed by atoms with E-state index in [-0.39, 0.29) is 37.3 Å². The number of esters is 1. The number of nitrogen functional groups attached to an aromatic ring is 1. The van der Waals surface area contributed by atoms with Crippen molar-refractivity contribution in [1.82, 2.24) is 19.7 Å². The van der Waals surface area contributed by atoms with Crippen molar-refractivity contribution in [2.24, 2.45) is 5.92 Å². The maximum Gasteiger partial charge on any atom is 0.459 e. The van der Waals surface area contributed by atoms with Crippen LogP contribution in [0.5, 0.6) is 5.75 Å². The highest BCUT2D eigenvalue weighted by Gasteiger charge is 2.54. The first kappa shape index (κ1) is 33.1. The normalized spacial score (nSPS) is 29.3. The molecule has 0 bridgehead atoms. The fourth-order valence-corrected chi connectivity index (χ4v) is 7.07. The highest BCUT2D eigenvalue weighted by atomic mass is 31.2. The third-order valence-corrected chi connectivity index (χ3v) is 9.70. The summed E-state index contributed by atoms with van der Waals surface area (Å²) in [5, 5.41) is 28.6. The smallest absolute Gasteiger partial charge is 0.459 e. The van der Waals surface area contributed by atoms with Gasteiger partial charge in [-0.2, -0.15) is 23.4 Å². The molecule has 13 nitrogen and oxygen atoms in total. The molecule has 17 heteroatoms. The molecule has 45 heavy (non-hydrogen) atoms. The lowest BCUT2D eigenvalue weighted by Crippen LogP contribution is -2.45.